The lowest BCUT2D eigenvalue weighted by atomic mass is 9.80. The molecule has 0 N–H and O–H groups in total. The number of Topliss-reactive ketones (excluding diaryl/α,β-unsaturated/α-hetero) is 1. The molecular formula is C12H16O4. The molecule has 3 aliphatic rings. The number of hydrogen-bond acceptors (Lipinski definition) is 4. The topological polar surface area (TPSA) is 44.8 Å². The lowest BCUT2D eigenvalue weighted by molar-refractivity contribution is -0.185. The van der Waals surface area contributed by atoms with Gasteiger partial charge in [0.15, 0.2) is 6.29 Å². The van der Waals surface area contributed by atoms with Crippen LogP contribution in [0.2, 0.25) is 0 Å². The molecule has 3 aliphatic heterocycles. The van der Waals surface area contributed by atoms with E-state index in [2.05, 4.69) is 0 Å². The van der Waals surface area contributed by atoms with Gasteiger partial charge in [-0.1, -0.05) is 6.08 Å². The fourth-order valence-electron chi connectivity index (χ4n) is 2.87. The van der Waals surface area contributed by atoms with Gasteiger partial charge in [-0.2, -0.15) is 0 Å². The Morgan fingerprint density at radius 2 is 2.31 bits per heavy atom. The first-order valence-electron chi connectivity index (χ1n) is 5.76. The van der Waals surface area contributed by atoms with Crippen LogP contribution < -0.4 is 0 Å². The summed E-state index contributed by atoms with van der Waals surface area (Å²) in [6.45, 7) is 4.14. The Morgan fingerprint density at radius 1 is 1.50 bits per heavy atom. The summed E-state index contributed by atoms with van der Waals surface area (Å²) < 4.78 is 17.2. The van der Waals surface area contributed by atoms with Crippen molar-refractivity contribution in [3.63, 3.8) is 0 Å². The van der Waals surface area contributed by atoms with E-state index in [4.69, 9.17) is 14.2 Å². The number of hydrogen-bond donors (Lipinski definition) is 0. The zero-order valence-electron chi connectivity index (χ0n) is 9.51. The molecule has 4 heteroatoms. The fourth-order valence-corrected chi connectivity index (χ4v) is 2.87. The summed E-state index contributed by atoms with van der Waals surface area (Å²) in [7, 11) is 0. The maximum absolute atomic E-state index is 11.7. The van der Waals surface area contributed by atoms with Crippen LogP contribution in [0.25, 0.3) is 0 Å². The Balaban J connectivity index is 1.90. The summed E-state index contributed by atoms with van der Waals surface area (Å²) in [5.74, 6) is 0.0244. The van der Waals surface area contributed by atoms with Crippen molar-refractivity contribution < 1.29 is 19.0 Å². The number of carbonyl (C=O) groups excluding carboxylic acids is 1. The zero-order chi connectivity index (χ0) is 11.3. The van der Waals surface area contributed by atoms with E-state index in [1.54, 1.807) is 6.92 Å². The molecule has 0 aromatic heterocycles. The molecule has 0 amide bonds. The fraction of sp³-hybridized carbons (Fsp3) is 0.750. The van der Waals surface area contributed by atoms with Crippen LogP contribution in [0.15, 0.2) is 12.2 Å². The minimum atomic E-state index is -0.665. The molecule has 2 saturated heterocycles. The van der Waals surface area contributed by atoms with Crippen LogP contribution >= 0.6 is 0 Å². The van der Waals surface area contributed by atoms with Crippen LogP contribution in [0, 0.1) is 5.92 Å². The molecule has 16 heavy (non-hydrogen) atoms. The minimum absolute atomic E-state index is 0.0528. The highest BCUT2D eigenvalue weighted by molar-refractivity contribution is 5.81. The van der Waals surface area contributed by atoms with Gasteiger partial charge in [-0.25, -0.2) is 0 Å². The number of fused-ring (bicyclic) bond motifs is 2. The van der Waals surface area contributed by atoms with E-state index in [1.807, 2.05) is 19.1 Å². The van der Waals surface area contributed by atoms with E-state index in [1.165, 1.54) is 0 Å². The standard InChI is InChI=1S/C12H16O4/c1-7-6-14-11(15-7)12-4-3-9(16-12)5-10(12)8(2)13/h3-4,7,9-11H,5-6H2,1-2H3. The van der Waals surface area contributed by atoms with Crippen molar-refractivity contribution in [2.75, 3.05) is 6.61 Å². The predicted molar refractivity (Wildman–Crippen MR) is 55.8 cm³/mol. The van der Waals surface area contributed by atoms with E-state index in [0.29, 0.717) is 6.61 Å². The van der Waals surface area contributed by atoms with Crippen LogP contribution in [0.1, 0.15) is 20.3 Å². The molecular weight excluding hydrogens is 208 g/mol. The van der Waals surface area contributed by atoms with Crippen LogP contribution in [0.5, 0.6) is 0 Å². The van der Waals surface area contributed by atoms with Gasteiger partial charge in [0.05, 0.1) is 24.7 Å². The largest absolute Gasteiger partial charge is 0.357 e. The van der Waals surface area contributed by atoms with Gasteiger partial charge in [0.25, 0.3) is 0 Å². The molecule has 3 heterocycles. The highest BCUT2D eigenvalue weighted by Crippen LogP contribution is 2.48. The van der Waals surface area contributed by atoms with Crippen LogP contribution in [0.3, 0.4) is 0 Å². The Labute approximate surface area is 94.5 Å². The molecule has 2 bridgehead atoms. The lowest BCUT2D eigenvalue weighted by Crippen LogP contribution is -2.48. The summed E-state index contributed by atoms with van der Waals surface area (Å²) in [4.78, 5) is 11.7. The molecule has 0 aromatic carbocycles. The molecule has 0 aliphatic carbocycles. The van der Waals surface area contributed by atoms with Crippen molar-refractivity contribution in [3.05, 3.63) is 12.2 Å². The molecule has 4 nitrogen and oxygen atoms in total. The number of ether oxygens (including phenoxy) is 3. The summed E-state index contributed by atoms with van der Waals surface area (Å²) in [5.41, 5.74) is -0.665. The highest BCUT2D eigenvalue weighted by atomic mass is 16.7. The molecule has 0 saturated carbocycles. The molecule has 5 unspecified atom stereocenters. The number of carbonyl (C=O) groups is 1. The second-order valence-corrected chi connectivity index (χ2v) is 4.88. The quantitative estimate of drug-likeness (QED) is 0.658. The third-order valence-corrected chi connectivity index (χ3v) is 3.64. The first kappa shape index (κ1) is 10.4. The van der Waals surface area contributed by atoms with Crippen molar-refractivity contribution in [1.82, 2.24) is 0 Å². The van der Waals surface area contributed by atoms with E-state index >= 15 is 0 Å². The Hall–Kier alpha value is -0.710. The minimum Gasteiger partial charge on any atom is -0.357 e. The summed E-state index contributed by atoms with van der Waals surface area (Å²) in [6.07, 6.45) is 4.41. The Kier molecular flexibility index (Phi) is 2.21. The smallest absolute Gasteiger partial charge is 0.191 e. The maximum atomic E-state index is 11.7. The normalized spacial score (nSPS) is 50.1. The van der Waals surface area contributed by atoms with Gasteiger partial charge in [0.1, 0.15) is 11.4 Å². The van der Waals surface area contributed by atoms with Crippen molar-refractivity contribution >= 4 is 5.78 Å². The SMILES string of the molecule is CC(=O)C1CC2C=CC1(C1OCC(C)O1)O2. The second kappa shape index (κ2) is 3.39. The molecule has 0 aromatic rings. The molecule has 3 rings (SSSR count). The molecule has 0 spiro atoms. The lowest BCUT2D eigenvalue weighted by Gasteiger charge is -2.33. The highest BCUT2D eigenvalue weighted by Gasteiger charge is 2.59. The van der Waals surface area contributed by atoms with Crippen LogP contribution in [-0.2, 0) is 19.0 Å². The zero-order valence-corrected chi connectivity index (χ0v) is 9.51. The Morgan fingerprint density at radius 3 is 2.88 bits per heavy atom. The van der Waals surface area contributed by atoms with E-state index in [9.17, 15) is 4.79 Å². The average molecular weight is 224 g/mol. The van der Waals surface area contributed by atoms with Crippen molar-refractivity contribution in [3.8, 4) is 0 Å². The van der Waals surface area contributed by atoms with Gasteiger partial charge in [-0.3, -0.25) is 4.79 Å². The maximum Gasteiger partial charge on any atom is 0.191 e. The van der Waals surface area contributed by atoms with Gasteiger partial charge in [0.2, 0.25) is 0 Å². The summed E-state index contributed by atoms with van der Waals surface area (Å²) in [6, 6.07) is 0. The summed E-state index contributed by atoms with van der Waals surface area (Å²) >= 11 is 0. The van der Waals surface area contributed by atoms with Gasteiger partial charge < -0.3 is 14.2 Å². The Bertz CT molecular complexity index is 351. The predicted octanol–water partition coefficient (Wildman–Crippen LogP) is 1.05. The van der Waals surface area contributed by atoms with Crippen molar-refractivity contribution in [2.45, 2.75) is 44.4 Å². The summed E-state index contributed by atoms with van der Waals surface area (Å²) in [5, 5.41) is 0. The van der Waals surface area contributed by atoms with Crippen molar-refractivity contribution in [1.29, 1.82) is 0 Å². The number of rotatable bonds is 2. The van der Waals surface area contributed by atoms with E-state index in [-0.39, 0.29) is 23.9 Å². The number of ketones is 1. The first-order chi connectivity index (χ1) is 7.62. The van der Waals surface area contributed by atoms with Gasteiger partial charge in [0, 0.05) is 0 Å². The molecule has 2 fully saturated rings. The van der Waals surface area contributed by atoms with Crippen molar-refractivity contribution in [2.24, 2.45) is 5.92 Å². The van der Waals surface area contributed by atoms with Gasteiger partial charge >= 0.3 is 0 Å². The van der Waals surface area contributed by atoms with Crippen LogP contribution in [-0.4, -0.2) is 36.5 Å². The molecule has 0 radical (unpaired) electrons. The third-order valence-electron chi connectivity index (χ3n) is 3.64. The van der Waals surface area contributed by atoms with Gasteiger partial charge in [-0.15, -0.1) is 0 Å². The first-order valence-corrected chi connectivity index (χ1v) is 5.76. The second-order valence-electron chi connectivity index (χ2n) is 4.88. The van der Waals surface area contributed by atoms with Gasteiger partial charge in [-0.05, 0) is 26.3 Å². The van der Waals surface area contributed by atoms with E-state index < -0.39 is 11.9 Å². The molecule has 88 valence electrons. The van der Waals surface area contributed by atoms with Crippen LogP contribution in [0.4, 0.5) is 0 Å². The van der Waals surface area contributed by atoms with E-state index in [0.717, 1.165) is 6.42 Å². The third kappa shape index (κ3) is 1.30. The average Bonchev–Trinajstić information content (AvgIpc) is 2.89. The molecule has 5 atom stereocenters. The monoisotopic (exact) mass is 224 g/mol.